The van der Waals surface area contributed by atoms with Crippen molar-refractivity contribution >= 4 is 12.0 Å². The molecule has 1 heterocycles. The molecule has 1 saturated heterocycles. The molecule has 0 spiro atoms. The Morgan fingerprint density at radius 3 is 2.65 bits per heavy atom. The van der Waals surface area contributed by atoms with Gasteiger partial charge >= 0.3 is 12.0 Å². The number of hydrogen-bond acceptors (Lipinski definition) is 3. The maximum Gasteiger partial charge on any atom is 0.315 e. The second-order valence-corrected chi connectivity index (χ2v) is 7.40. The minimum Gasteiger partial charge on any atom is -0.481 e. The van der Waals surface area contributed by atoms with Gasteiger partial charge in [0.1, 0.15) is 0 Å². The van der Waals surface area contributed by atoms with Crippen LogP contribution in [0.25, 0.3) is 0 Å². The molecular formula is C20H28N2O4. The Morgan fingerprint density at radius 2 is 1.96 bits per heavy atom. The molecule has 0 bridgehead atoms. The van der Waals surface area contributed by atoms with Gasteiger partial charge in [0, 0.05) is 25.1 Å². The van der Waals surface area contributed by atoms with Crippen molar-refractivity contribution in [2.24, 2.45) is 5.92 Å². The van der Waals surface area contributed by atoms with Crippen LogP contribution < -0.4 is 10.6 Å². The molecule has 1 saturated carbocycles. The van der Waals surface area contributed by atoms with Gasteiger partial charge in [0.2, 0.25) is 0 Å². The van der Waals surface area contributed by atoms with Gasteiger partial charge in [-0.3, -0.25) is 4.79 Å². The first-order valence-corrected chi connectivity index (χ1v) is 9.54. The fraction of sp³-hybridized carbons (Fsp3) is 0.600. The highest BCUT2D eigenvalue weighted by atomic mass is 16.5. The molecule has 2 fully saturated rings. The van der Waals surface area contributed by atoms with Crippen molar-refractivity contribution in [2.45, 2.75) is 63.1 Å². The second kappa shape index (κ2) is 9.03. The third-order valence-electron chi connectivity index (χ3n) is 5.16. The summed E-state index contributed by atoms with van der Waals surface area (Å²) in [4.78, 5) is 23.4. The lowest BCUT2D eigenvalue weighted by atomic mass is 10.00. The molecule has 1 aromatic rings. The Labute approximate surface area is 154 Å². The third-order valence-corrected chi connectivity index (χ3v) is 5.16. The third kappa shape index (κ3) is 6.02. The molecule has 1 aliphatic carbocycles. The maximum atomic E-state index is 12.4. The van der Waals surface area contributed by atoms with E-state index >= 15 is 0 Å². The predicted octanol–water partition coefficient (Wildman–Crippen LogP) is 2.72. The molecule has 1 aliphatic heterocycles. The lowest BCUT2D eigenvalue weighted by Gasteiger charge is -2.31. The van der Waals surface area contributed by atoms with E-state index in [9.17, 15) is 9.59 Å². The monoisotopic (exact) mass is 360 g/mol. The summed E-state index contributed by atoms with van der Waals surface area (Å²) < 4.78 is 5.80. The molecule has 3 atom stereocenters. The van der Waals surface area contributed by atoms with Gasteiger partial charge in [-0.2, -0.15) is 0 Å². The van der Waals surface area contributed by atoms with Crippen LogP contribution >= 0.6 is 0 Å². The van der Waals surface area contributed by atoms with Crippen molar-refractivity contribution < 1.29 is 19.4 Å². The zero-order chi connectivity index (χ0) is 18.4. The summed E-state index contributed by atoms with van der Waals surface area (Å²) in [6, 6.07) is 9.54. The van der Waals surface area contributed by atoms with E-state index in [1.807, 2.05) is 30.3 Å². The Morgan fingerprint density at radius 1 is 1.19 bits per heavy atom. The van der Waals surface area contributed by atoms with Crippen molar-refractivity contribution in [1.82, 2.24) is 10.6 Å². The van der Waals surface area contributed by atoms with Gasteiger partial charge in [-0.1, -0.05) is 30.3 Å². The normalized spacial score (nSPS) is 23.8. The lowest BCUT2D eigenvalue weighted by molar-refractivity contribution is -0.137. The van der Waals surface area contributed by atoms with Crippen LogP contribution in [0.2, 0.25) is 0 Å². The second-order valence-electron chi connectivity index (χ2n) is 7.40. The molecular weight excluding hydrogens is 332 g/mol. The van der Waals surface area contributed by atoms with Crippen LogP contribution in [0.5, 0.6) is 0 Å². The highest BCUT2D eigenvalue weighted by Gasteiger charge is 2.36. The van der Waals surface area contributed by atoms with E-state index in [2.05, 4.69) is 10.6 Å². The van der Waals surface area contributed by atoms with Gasteiger partial charge in [-0.25, -0.2) is 4.79 Å². The Kier molecular flexibility index (Phi) is 6.50. The van der Waals surface area contributed by atoms with Gasteiger partial charge in [0.25, 0.3) is 0 Å². The maximum absolute atomic E-state index is 12.4. The number of carbonyl (C=O) groups is 2. The number of amides is 2. The van der Waals surface area contributed by atoms with Crippen molar-refractivity contribution in [3.05, 3.63) is 35.9 Å². The number of hydrogen-bond donors (Lipinski definition) is 3. The molecule has 2 aliphatic rings. The van der Waals surface area contributed by atoms with Crippen LogP contribution in [0.4, 0.5) is 4.79 Å². The number of carboxylic acid groups (broad SMARTS) is 1. The number of benzene rings is 1. The molecule has 6 heteroatoms. The zero-order valence-electron chi connectivity index (χ0n) is 15.0. The largest absolute Gasteiger partial charge is 0.481 e. The quantitative estimate of drug-likeness (QED) is 0.665. The topological polar surface area (TPSA) is 87.7 Å². The summed E-state index contributed by atoms with van der Waals surface area (Å²) in [7, 11) is 0. The van der Waals surface area contributed by atoms with Gasteiger partial charge < -0.3 is 20.5 Å². The predicted molar refractivity (Wildman–Crippen MR) is 98.0 cm³/mol. The molecule has 26 heavy (non-hydrogen) atoms. The van der Waals surface area contributed by atoms with E-state index in [1.54, 1.807) is 0 Å². The summed E-state index contributed by atoms with van der Waals surface area (Å²) in [5.41, 5.74) is 1.09. The summed E-state index contributed by atoms with van der Waals surface area (Å²) in [6.45, 7) is 0.693. The number of aliphatic carboxylic acids is 1. The van der Waals surface area contributed by atoms with E-state index in [1.165, 1.54) is 12.8 Å². The van der Waals surface area contributed by atoms with Gasteiger partial charge in [-0.15, -0.1) is 0 Å². The van der Waals surface area contributed by atoms with Crippen LogP contribution in [0, 0.1) is 5.92 Å². The van der Waals surface area contributed by atoms with Crippen LogP contribution in [0.1, 0.15) is 44.1 Å². The molecule has 3 rings (SSSR count). The lowest BCUT2D eigenvalue weighted by Crippen LogP contribution is -2.49. The average Bonchev–Trinajstić information content (AvgIpc) is 3.46. The molecule has 1 aromatic carbocycles. The first kappa shape index (κ1) is 18.7. The molecule has 0 aromatic heterocycles. The fourth-order valence-corrected chi connectivity index (χ4v) is 3.59. The molecule has 0 radical (unpaired) electrons. The zero-order valence-corrected chi connectivity index (χ0v) is 15.0. The smallest absolute Gasteiger partial charge is 0.315 e. The number of carbonyl (C=O) groups excluding carboxylic acids is 1. The number of rotatable bonds is 8. The van der Waals surface area contributed by atoms with Crippen molar-refractivity contribution in [3.63, 3.8) is 0 Å². The summed E-state index contributed by atoms with van der Waals surface area (Å²) in [5, 5.41) is 15.0. The van der Waals surface area contributed by atoms with E-state index in [0.717, 1.165) is 18.4 Å². The van der Waals surface area contributed by atoms with Crippen LogP contribution in [0.15, 0.2) is 30.3 Å². The Balaban J connectivity index is 1.51. The van der Waals surface area contributed by atoms with Crippen LogP contribution in [0.3, 0.4) is 0 Å². The minimum absolute atomic E-state index is 0.0405. The van der Waals surface area contributed by atoms with Crippen LogP contribution in [-0.4, -0.2) is 41.9 Å². The van der Waals surface area contributed by atoms with Crippen LogP contribution in [-0.2, 0) is 16.0 Å². The van der Waals surface area contributed by atoms with Gasteiger partial charge in [-0.05, 0) is 50.0 Å². The molecule has 142 valence electrons. The molecule has 2 amide bonds. The highest BCUT2D eigenvalue weighted by molar-refractivity contribution is 5.74. The van der Waals surface area contributed by atoms with Crippen molar-refractivity contribution in [1.29, 1.82) is 0 Å². The summed E-state index contributed by atoms with van der Waals surface area (Å²) in [5.74, 6) is -0.175. The molecule has 3 N–H and O–H groups in total. The number of urea groups is 1. The fourth-order valence-electron chi connectivity index (χ4n) is 3.59. The van der Waals surface area contributed by atoms with Crippen molar-refractivity contribution in [2.75, 3.05) is 6.61 Å². The van der Waals surface area contributed by atoms with Gasteiger partial charge in [0.15, 0.2) is 0 Å². The number of carboxylic acids is 1. The van der Waals surface area contributed by atoms with E-state index in [0.29, 0.717) is 25.4 Å². The molecule has 6 nitrogen and oxygen atoms in total. The number of nitrogens with one attached hydrogen (secondary N) is 2. The summed E-state index contributed by atoms with van der Waals surface area (Å²) >= 11 is 0. The Hall–Kier alpha value is -2.08. The average molecular weight is 360 g/mol. The van der Waals surface area contributed by atoms with E-state index < -0.39 is 5.97 Å². The summed E-state index contributed by atoms with van der Waals surface area (Å²) in [6.07, 6.45) is 5.53. The van der Waals surface area contributed by atoms with Crippen molar-refractivity contribution in [3.8, 4) is 0 Å². The SMILES string of the molecule is O=C(O)CCC(Cc1ccccc1)NC(=O)NC1CCOC(C2CC2)C1. The minimum atomic E-state index is -0.845. The van der Waals surface area contributed by atoms with E-state index in [-0.39, 0.29) is 30.6 Å². The van der Waals surface area contributed by atoms with E-state index in [4.69, 9.17) is 9.84 Å². The highest BCUT2D eigenvalue weighted by Crippen LogP contribution is 2.38. The standard InChI is InChI=1S/C20H28N2O4/c23-19(24)9-8-16(12-14-4-2-1-3-5-14)21-20(25)22-17-10-11-26-18(13-17)15-6-7-15/h1-5,15-18H,6-13H2,(H,23,24)(H2,21,22,25). The molecule has 3 unspecified atom stereocenters. The number of ether oxygens (including phenoxy) is 1. The first-order valence-electron chi connectivity index (χ1n) is 9.54. The first-order chi connectivity index (χ1) is 12.6. The van der Waals surface area contributed by atoms with Gasteiger partial charge in [0.05, 0.1) is 6.10 Å². The Bertz CT molecular complexity index is 603.